The molecule has 1 saturated heterocycles. The van der Waals surface area contributed by atoms with Gasteiger partial charge in [0.1, 0.15) is 12.2 Å². The number of halogens is 3. The van der Waals surface area contributed by atoms with Gasteiger partial charge in [-0.15, -0.1) is 0 Å². The number of hydrogen-bond acceptors (Lipinski definition) is 4. The van der Waals surface area contributed by atoms with Gasteiger partial charge in [-0.25, -0.2) is 4.98 Å². The molecule has 2 aliphatic rings. The average molecular weight is 316 g/mol. The van der Waals surface area contributed by atoms with E-state index in [9.17, 15) is 18.0 Å². The lowest BCUT2D eigenvalue weighted by atomic mass is 10.2. The van der Waals surface area contributed by atoms with E-state index >= 15 is 0 Å². The first kappa shape index (κ1) is 16.4. The molecule has 122 valence electrons. The summed E-state index contributed by atoms with van der Waals surface area (Å²) < 4.78 is 36.2. The van der Waals surface area contributed by atoms with Crippen LogP contribution in [0.5, 0.6) is 0 Å². The zero-order valence-corrected chi connectivity index (χ0v) is 12.5. The van der Waals surface area contributed by atoms with E-state index in [1.807, 2.05) is 19.2 Å². The molecular formula is C14H19F3N4O. The molecule has 5 nitrogen and oxygen atoms in total. The van der Waals surface area contributed by atoms with Crippen LogP contribution in [0.15, 0.2) is 12.1 Å². The second kappa shape index (κ2) is 6.41. The van der Waals surface area contributed by atoms with Gasteiger partial charge >= 0.3 is 6.18 Å². The Kier molecular flexibility index (Phi) is 4.77. The summed E-state index contributed by atoms with van der Waals surface area (Å²) in [6, 6.07) is 3.47. The molecule has 8 heteroatoms. The van der Waals surface area contributed by atoms with E-state index in [1.54, 1.807) is 6.07 Å². The maximum atomic E-state index is 12.1. The lowest BCUT2D eigenvalue weighted by Gasteiger charge is -2.27. The highest BCUT2D eigenvalue weighted by Crippen LogP contribution is 2.33. The van der Waals surface area contributed by atoms with Crippen molar-refractivity contribution in [1.29, 1.82) is 0 Å². The minimum atomic E-state index is -4.42. The number of aromatic nitrogens is 1. The number of rotatable bonds is 2. The molecule has 1 atom stereocenters. The number of carbonyl (C=O) groups excluding carboxylic acids is 1. The highest BCUT2D eigenvalue weighted by Gasteiger charge is 2.32. The fourth-order valence-electron chi connectivity index (χ4n) is 2.50. The smallest absolute Gasteiger partial charge is 0.366 e. The molecule has 0 aliphatic carbocycles. The van der Waals surface area contributed by atoms with Gasteiger partial charge in [-0.05, 0) is 18.6 Å². The molecule has 1 amide bonds. The van der Waals surface area contributed by atoms with Crippen molar-refractivity contribution in [3.8, 4) is 0 Å². The highest BCUT2D eigenvalue weighted by molar-refractivity contribution is 5.93. The summed E-state index contributed by atoms with van der Waals surface area (Å²) in [4.78, 5) is 17.9. The van der Waals surface area contributed by atoms with Gasteiger partial charge in [0.25, 0.3) is 5.91 Å². The third kappa shape index (κ3) is 3.61. The number of fused-ring (bicyclic) bond motifs is 4. The van der Waals surface area contributed by atoms with Crippen molar-refractivity contribution in [2.24, 2.45) is 0 Å². The summed E-state index contributed by atoms with van der Waals surface area (Å²) in [5, 5.41) is 5.02. The zero-order valence-electron chi connectivity index (χ0n) is 12.5. The average Bonchev–Trinajstić information content (AvgIpc) is 2.88. The van der Waals surface area contributed by atoms with E-state index in [4.69, 9.17) is 0 Å². The summed E-state index contributed by atoms with van der Waals surface area (Å²) in [5.74, 6) is -0.252. The van der Waals surface area contributed by atoms with Crippen molar-refractivity contribution in [2.45, 2.75) is 32.5 Å². The lowest BCUT2D eigenvalue weighted by molar-refractivity contribution is -0.123. The molecule has 2 bridgehead atoms. The van der Waals surface area contributed by atoms with Gasteiger partial charge in [-0.2, -0.15) is 13.2 Å². The Hall–Kier alpha value is -1.99. The van der Waals surface area contributed by atoms with Crippen molar-refractivity contribution >= 4 is 17.4 Å². The molecule has 0 saturated carbocycles. The van der Waals surface area contributed by atoms with Crippen LogP contribution in [0.4, 0.5) is 24.7 Å². The molecule has 2 aliphatic heterocycles. The van der Waals surface area contributed by atoms with Crippen LogP contribution in [0.2, 0.25) is 0 Å². The van der Waals surface area contributed by atoms with Gasteiger partial charge in [-0.1, -0.05) is 13.8 Å². The summed E-state index contributed by atoms with van der Waals surface area (Å²) >= 11 is 0. The first-order valence-corrected chi connectivity index (χ1v) is 7.30. The molecule has 22 heavy (non-hydrogen) atoms. The van der Waals surface area contributed by atoms with E-state index in [2.05, 4.69) is 15.2 Å². The van der Waals surface area contributed by atoms with E-state index in [0.717, 1.165) is 25.2 Å². The maximum Gasteiger partial charge on any atom is 0.405 e. The molecule has 1 unspecified atom stereocenters. The van der Waals surface area contributed by atoms with Gasteiger partial charge in [-0.3, -0.25) is 4.79 Å². The number of nitrogens with zero attached hydrogens (tertiary/aromatic N) is 2. The van der Waals surface area contributed by atoms with E-state index in [0.29, 0.717) is 11.9 Å². The fraction of sp³-hybridized carbons (Fsp3) is 0.571. The predicted octanol–water partition coefficient (Wildman–Crippen LogP) is 2.40. The standard InChI is InChI=1S/C12H13F3N4O.C2H6/c13-12(14,15)6-16-11(20)8-1-2-9-10(18-8)17-7-3-4-19(9)5-7;1-2/h1-2,7H,3-6H2,(H,16,20)(H,17,18);1-2H3. The fourth-order valence-corrected chi connectivity index (χ4v) is 2.50. The lowest BCUT2D eigenvalue weighted by Crippen LogP contribution is -2.35. The Morgan fingerprint density at radius 2 is 2.18 bits per heavy atom. The van der Waals surface area contributed by atoms with Crippen LogP contribution < -0.4 is 15.5 Å². The number of amides is 1. The predicted molar refractivity (Wildman–Crippen MR) is 78.2 cm³/mol. The third-order valence-electron chi connectivity index (χ3n) is 3.43. The molecule has 3 heterocycles. The van der Waals surface area contributed by atoms with Crippen molar-refractivity contribution in [3.63, 3.8) is 0 Å². The molecule has 0 radical (unpaired) electrons. The minimum Gasteiger partial charge on any atom is -0.366 e. The Morgan fingerprint density at radius 3 is 2.86 bits per heavy atom. The minimum absolute atomic E-state index is 0.0111. The van der Waals surface area contributed by atoms with Crippen LogP contribution in [0, 0.1) is 0 Å². The van der Waals surface area contributed by atoms with Crippen LogP contribution in [0.3, 0.4) is 0 Å². The van der Waals surface area contributed by atoms with E-state index in [1.165, 1.54) is 6.07 Å². The molecular weight excluding hydrogens is 297 g/mol. The van der Waals surface area contributed by atoms with Crippen molar-refractivity contribution in [2.75, 3.05) is 29.9 Å². The molecule has 2 N–H and O–H groups in total. The van der Waals surface area contributed by atoms with Crippen LogP contribution in [-0.4, -0.2) is 42.7 Å². The first-order valence-electron chi connectivity index (χ1n) is 7.30. The molecule has 1 aromatic rings. The van der Waals surface area contributed by atoms with Gasteiger partial charge in [0, 0.05) is 19.1 Å². The SMILES string of the molecule is CC.O=C(NCC(F)(F)F)c1ccc2c(n1)NC1CCN2C1. The molecule has 3 rings (SSSR count). The summed E-state index contributed by atoms with van der Waals surface area (Å²) in [7, 11) is 0. The summed E-state index contributed by atoms with van der Waals surface area (Å²) in [5.41, 5.74) is 0.883. The monoisotopic (exact) mass is 316 g/mol. The molecule has 0 aromatic carbocycles. The van der Waals surface area contributed by atoms with Crippen molar-refractivity contribution in [3.05, 3.63) is 17.8 Å². The molecule has 1 fully saturated rings. The van der Waals surface area contributed by atoms with Crippen LogP contribution in [-0.2, 0) is 0 Å². The van der Waals surface area contributed by atoms with Gasteiger partial charge in [0.05, 0.1) is 5.69 Å². The van der Waals surface area contributed by atoms with Crippen molar-refractivity contribution < 1.29 is 18.0 Å². The van der Waals surface area contributed by atoms with Crippen LogP contribution in [0.25, 0.3) is 0 Å². The summed E-state index contributed by atoms with van der Waals surface area (Å²) in [6.45, 7) is 4.47. The second-order valence-corrected chi connectivity index (χ2v) is 4.94. The zero-order chi connectivity index (χ0) is 16.3. The Morgan fingerprint density at radius 1 is 1.45 bits per heavy atom. The number of carbonyl (C=O) groups is 1. The first-order chi connectivity index (χ1) is 10.4. The summed E-state index contributed by atoms with van der Waals surface area (Å²) in [6.07, 6.45) is -3.43. The van der Waals surface area contributed by atoms with Crippen LogP contribution >= 0.6 is 0 Å². The number of anilines is 2. The normalized spacial score (nSPS) is 18.8. The van der Waals surface area contributed by atoms with Gasteiger partial charge in [0.2, 0.25) is 0 Å². The number of hydrogen-bond donors (Lipinski definition) is 2. The number of pyridine rings is 1. The number of alkyl halides is 3. The van der Waals surface area contributed by atoms with Crippen molar-refractivity contribution in [1.82, 2.24) is 10.3 Å². The van der Waals surface area contributed by atoms with Crippen LogP contribution in [0.1, 0.15) is 30.8 Å². The Bertz CT molecular complexity index is 547. The molecule has 1 aromatic heterocycles. The third-order valence-corrected chi connectivity index (χ3v) is 3.43. The van der Waals surface area contributed by atoms with Gasteiger partial charge in [0.15, 0.2) is 5.82 Å². The second-order valence-electron chi connectivity index (χ2n) is 4.94. The van der Waals surface area contributed by atoms with E-state index < -0.39 is 18.6 Å². The Balaban J connectivity index is 0.000000847. The maximum absolute atomic E-state index is 12.1. The van der Waals surface area contributed by atoms with E-state index in [-0.39, 0.29) is 5.69 Å². The number of nitrogens with one attached hydrogen (secondary N) is 2. The topological polar surface area (TPSA) is 57.3 Å². The van der Waals surface area contributed by atoms with Gasteiger partial charge < -0.3 is 15.5 Å². The highest BCUT2D eigenvalue weighted by atomic mass is 19.4. The Labute approximate surface area is 126 Å². The largest absolute Gasteiger partial charge is 0.405 e. The quantitative estimate of drug-likeness (QED) is 0.880. The molecule has 0 spiro atoms.